The quantitative estimate of drug-likeness (QED) is 0.818. The summed E-state index contributed by atoms with van der Waals surface area (Å²) in [5.41, 5.74) is 1.02. The van der Waals surface area contributed by atoms with Gasteiger partial charge in [0.1, 0.15) is 0 Å². The molecular weight excluding hydrogens is 276 g/mol. The summed E-state index contributed by atoms with van der Waals surface area (Å²) in [7, 11) is -2.87. The first-order chi connectivity index (χ1) is 9.57. The van der Waals surface area contributed by atoms with Crippen molar-refractivity contribution < 1.29 is 8.42 Å². The topological polar surface area (TPSA) is 76.9 Å². The second kappa shape index (κ2) is 6.67. The van der Waals surface area contributed by atoms with Crippen LogP contribution in [0.5, 0.6) is 0 Å². The fourth-order valence-electron chi connectivity index (χ4n) is 2.79. The van der Waals surface area contributed by atoms with Gasteiger partial charge in [-0.25, -0.2) is 13.1 Å². The van der Waals surface area contributed by atoms with E-state index in [0.717, 1.165) is 38.0 Å². The van der Waals surface area contributed by atoms with Crippen LogP contribution in [0.2, 0.25) is 0 Å². The molecule has 1 fully saturated rings. The van der Waals surface area contributed by atoms with Crippen molar-refractivity contribution in [1.29, 1.82) is 0 Å². The maximum absolute atomic E-state index is 11.7. The molecule has 7 heteroatoms. The Kier molecular flexibility index (Phi) is 5.15. The monoisotopic (exact) mass is 300 g/mol. The minimum Gasteiger partial charge on any atom is -0.308 e. The highest BCUT2D eigenvalue weighted by atomic mass is 32.2. The maximum Gasteiger partial charge on any atom is 0.150 e. The first-order valence-corrected chi connectivity index (χ1v) is 9.21. The third-order valence-corrected chi connectivity index (χ3v) is 5.55. The van der Waals surface area contributed by atoms with Crippen molar-refractivity contribution in [1.82, 2.24) is 20.3 Å². The molecule has 114 valence electrons. The molecule has 0 amide bonds. The molecule has 6 nitrogen and oxygen atoms in total. The van der Waals surface area contributed by atoms with Crippen LogP contribution in [0.1, 0.15) is 44.8 Å². The molecule has 2 heterocycles. The molecule has 0 aliphatic carbocycles. The number of rotatable bonds is 7. The summed E-state index contributed by atoms with van der Waals surface area (Å²) in [6.07, 6.45) is 4.50. The highest BCUT2D eigenvalue weighted by Crippen LogP contribution is 2.31. The normalized spacial score (nSPS) is 23.0. The minimum absolute atomic E-state index is 0.0359. The van der Waals surface area contributed by atoms with Crippen LogP contribution < -0.4 is 5.32 Å². The summed E-state index contributed by atoms with van der Waals surface area (Å²) in [6.45, 7) is 5.90. The fourth-order valence-corrected chi connectivity index (χ4v) is 4.63. The van der Waals surface area contributed by atoms with Gasteiger partial charge in [-0.3, -0.25) is 0 Å². The van der Waals surface area contributed by atoms with E-state index in [0.29, 0.717) is 5.75 Å². The van der Waals surface area contributed by atoms with Gasteiger partial charge in [0.2, 0.25) is 0 Å². The lowest BCUT2D eigenvalue weighted by molar-refractivity contribution is 0.365. The molecule has 1 aliphatic rings. The molecule has 2 unspecified atom stereocenters. The Bertz CT molecular complexity index is 526. The van der Waals surface area contributed by atoms with Crippen LogP contribution in [-0.4, -0.2) is 41.5 Å². The van der Waals surface area contributed by atoms with E-state index in [1.165, 1.54) is 0 Å². The van der Waals surface area contributed by atoms with E-state index in [9.17, 15) is 8.42 Å². The van der Waals surface area contributed by atoms with E-state index in [-0.39, 0.29) is 17.7 Å². The molecule has 0 aromatic carbocycles. The van der Waals surface area contributed by atoms with Crippen LogP contribution in [0.25, 0.3) is 0 Å². The smallest absolute Gasteiger partial charge is 0.150 e. The molecule has 0 radical (unpaired) electrons. The lowest BCUT2D eigenvalue weighted by Gasteiger charge is -2.24. The molecule has 1 aromatic heterocycles. The second-order valence-electron chi connectivity index (χ2n) is 5.48. The van der Waals surface area contributed by atoms with Crippen LogP contribution in [-0.2, 0) is 16.4 Å². The van der Waals surface area contributed by atoms with Gasteiger partial charge < -0.3 is 5.32 Å². The van der Waals surface area contributed by atoms with Crippen LogP contribution in [0.3, 0.4) is 0 Å². The zero-order valence-electron chi connectivity index (χ0n) is 12.2. The van der Waals surface area contributed by atoms with E-state index in [1.54, 1.807) is 6.20 Å². The Morgan fingerprint density at radius 2 is 2.25 bits per heavy atom. The third-order valence-electron chi connectivity index (χ3n) is 3.76. The van der Waals surface area contributed by atoms with Gasteiger partial charge in [-0.05, 0) is 31.7 Å². The van der Waals surface area contributed by atoms with Crippen molar-refractivity contribution in [2.75, 3.05) is 18.1 Å². The molecule has 0 bridgehead atoms. The second-order valence-corrected chi connectivity index (χ2v) is 7.71. The molecule has 0 spiro atoms. The highest BCUT2D eigenvalue weighted by molar-refractivity contribution is 7.91. The molecule has 2 atom stereocenters. The Labute approximate surface area is 120 Å². The number of nitrogens with zero attached hydrogens (tertiary/aromatic N) is 3. The van der Waals surface area contributed by atoms with Crippen molar-refractivity contribution in [3.63, 3.8) is 0 Å². The predicted octanol–water partition coefficient (Wildman–Crippen LogP) is 1.16. The number of hydrogen-bond donors (Lipinski definition) is 1. The molecule has 1 N–H and O–H groups in total. The predicted molar refractivity (Wildman–Crippen MR) is 78.1 cm³/mol. The van der Waals surface area contributed by atoms with Gasteiger partial charge in [-0.1, -0.05) is 19.1 Å². The van der Waals surface area contributed by atoms with Crippen molar-refractivity contribution in [3.8, 4) is 0 Å². The molecule has 1 aliphatic heterocycles. The van der Waals surface area contributed by atoms with E-state index in [4.69, 9.17) is 0 Å². The summed E-state index contributed by atoms with van der Waals surface area (Å²) in [5, 5.41) is 11.6. The number of sulfone groups is 1. The van der Waals surface area contributed by atoms with Gasteiger partial charge >= 0.3 is 0 Å². The van der Waals surface area contributed by atoms with E-state index in [2.05, 4.69) is 29.5 Å². The van der Waals surface area contributed by atoms with E-state index >= 15 is 0 Å². The molecular formula is C13H24N4O2S. The Morgan fingerprint density at radius 1 is 1.45 bits per heavy atom. The summed E-state index contributed by atoms with van der Waals surface area (Å²) in [4.78, 5) is 0. The van der Waals surface area contributed by atoms with Crippen molar-refractivity contribution >= 4 is 9.84 Å². The summed E-state index contributed by atoms with van der Waals surface area (Å²) in [5.74, 6) is 0.698. The molecule has 2 rings (SSSR count). The fraction of sp³-hybridized carbons (Fsp3) is 0.846. The summed E-state index contributed by atoms with van der Waals surface area (Å²) < 4.78 is 25.4. The zero-order chi connectivity index (χ0) is 14.6. The van der Waals surface area contributed by atoms with E-state index < -0.39 is 9.84 Å². The van der Waals surface area contributed by atoms with Gasteiger partial charge in [0.05, 0.1) is 29.4 Å². The number of nitrogens with one attached hydrogen (secondary N) is 1. The Balaban J connectivity index is 2.20. The SMILES string of the molecule is CCCNC(c1cnnn1CCC)C1CCS(=O)(=O)C1. The van der Waals surface area contributed by atoms with Gasteiger partial charge in [-0.15, -0.1) is 5.10 Å². The Morgan fingerprint density at radius 3 is 2.85 bits per heavy atom. The highest BCUT2D eigenvalue weighted by Gasteiger charge is 2.35. The van der Waals surface area contributed by atoms with Crippen LogP contribution in [0, 0.1) is 5.92 Å². The average Bonchev–Trinajstić information content (AvgIpc) is 2.98. The van der Waals surface area contributed by atoms with Crippen LogP contribution in [0.4, 0.5) is 0 Å². The largest absolute Gasteiger partial charge is 0.308 e. The zero-order valence-corrected chi connectivity index (χ0v) is 13.1. The maximum atomic E-state index is 11.7. The molecule has 0 saturated carbocycles. The number of aryl methyl sites for hydroxylation is 1. The lowest BCUT2D eigenvalue weighted by Crippen LogP contribution is -2.31. The van der Waals surface area contributed by atoms with Crippen LogP contribution >= 0.6 is 0 Å². The first-order valence-electron chi connectivity index (χ1n) is 7.39. The van der Waals surface area contributed by atoms with Crippen molar-refractivity contribution in [2.45, 2.75) is 45.7 Å². The first kappa shape index (κ1) is 15.4. The number of aromatic nitrogens is 3. The Hall–Kier alpha value is -0.950. The van der Waals surface area contributed by atoms with Gasteiger partial charge in [-0.2, -0.15) is 0 Å². The lowest BCUT2D eigenvalue weighted by atomic mass is 9.96. The minimum atomic E-state index is -2.87. The summed E-state index contributed by atoms with van der Waals surface area (Å²) in [6, 6.07) is 0.0359. The molecule has 1 aromatic rings. The average molecular weight is 300 g/mol. The van der Waals surface area contributed by atoms with Crippen molar-refractivity contribution in [3.05, 3.63) is 11.9 Å². The molecule has 20 heavy (non-hydrogen) atoms. The number of hydrogen-bond acceptors (Lipinski definition) is 5. The summed E-state index contributed by atoms with van der Waals surface area (Å²) >= 11 is 0. The standard InChI is InChI=1S/C13H24N4O2S/c1-3-6-14-13(11-5-8-20(18,19)10-11)12-9-15-16-17(12)7-4-2/h9,11,13-14H,3-8,10H2,1-2H3. The van der Waals surface area contributed by atoms with Gasteiger partial charge in [0.25, 0.3) is 0 Å². The van der Waals surface area contributed by atoms with Crippen molar-refractivity contribution in [2.24, 2.45) is 5.92 Å². The third kappa shape index (κ3) is 3.58. The molecule has 1 saturated heterocycles. The van der Waals surface area contributed by atoms with Gasteiger partial charge in [0.15, 0.2) is 9.84 Å². The van der Waals surface area contributed by atoms with Gasteiger partial charge in [0, 0.05) is 6.54 Å². The van der Waals surface area contributed by atoms with Crippen LogP contribution in [0.15, 0.2) is 6.20 Å². The van der Waals surface area contributed by atoms with E-state index in [1.807, 2.05) is 4.68 Å².